The molecule has 0 saturated heterocycles. The molecule has 3 aromatic rings. The van der Waals surface area contributed by atoms with Crippen LogP contribution in [0.3, 0.4) is 0 Å². The number of rotatable bonds is 6. The smallest absolute Gasteiger partial charge is 0.225 e. The monoisotopic (exact) mass is 374 g/mol. The molecule has 0 aliphatic carbocycles. The zero-order valence-corrected chi connectivity index (χ0v) is 14.5. The van der Waals surface area contributed by atoms with Gasteiger partial charge < -0.3 is 5.32 Å². The van der Waals surface area contributed by atoms with Gasteiger partial charge in [0.2, 0.25) is 5.91 Å². The van der Waals surface area contributed by atoms with Crippen molar-refractivity contribution in [2.24, 2.45) is 0 Å². The SMILES string of the molecule is CCn1nc(-c2ccncc2)cc1NC(=O)CCc1cc(F)c(F)cc1F. The maximum Gasteiger partial charge on any atom is 0.225 e. The lowest BCUT2D eigenvalue weighted by atomic mass is 10.1. The van der Waals surface area contributed by atoms with Gasteiger partial charge in [0.25, 0.3) is 0 Å². The van der Waals surface area contributed by atoms with Crippen molar-refractivity contribution in [3.8, 4) is 11.3 Å². The van der Waals surface area contributed by atoms with Crippen LogP contribution in [0.15, 0.2) is 42.7 Å². The normalized spacial score (nSPS) is 10.8. The van der Waals surface area contributed by atoms with E-state index < -0.39 is 17.5 Å². The van der Waals surface area contributed by atoms with Gasteiger partial charge in [-0.25, -0.2) is 17.9 Å². The maximum absolute atomic E-state index is 13.7. The van der Waals surface area contributed by atoms with E-state index in [1.807, 2.05) is 6.92 Å². The van der Waals surface area contributed by atoms with Crippen molar-refractivity contribution in [2.75, 3.05) is 5.32 Å². The zero-order chi connectivity index (χ0) is 19.4. The summed E-state index contributed by atoms with van der Waals surface area (Å²) < 4.78 is 41.5. The fourth-order valence-corrected chi connectivity index (χ4v) is 2.63. The molecular formula is C19H17F3N4O. The van der Waals surface area contributed by atoms with Gasteiger partial charge in [-0.05, 0) is 37.1 Å². The van der Waals surface area contributed by atoms with Crippen LogP contribution in [-0.2, 0) is 17.8 Å². The highest BCUT2D eigenvalue weighted by Crippen LogP contribution is 2.22. The lowest BCUT2D eigenvalue weighted by Gasteiger charge is -2.07. The molecule has 0 radical (unpaired) electrons. The van der Waals surface area contributed by atoms with Crippen molar-refractivity contribution >= 4 is 11.7 Å². The molecule has 3 rings (SSSR count). The number of nitrogens with zero attached hydrogens (tertiary/aromatic N) is 3. The molecule has 140 valence electrons. The summed E-state index contributed by atoms with van der Waals surface area (Å²) in [5.74, 6) is -3.15. The number of pyridine rings is 1. The van der Waals surface area contributed by atoms with Gasteiger partial charge in [-0.2, -0.15) is 5.10 Å². The molecule has 0 unspecified atom stereocenters. The van der Waals surface area contributed by atoms with Crippen LogP contribution in [0, 0.1) is 17.5 Å². The fourth-order valence-electron chi connectivity index (χ4n) is 2.63. The molecule has 8 heteroatoms. The minimum Gasteiger partial charge on any atom is -0.311 e. The van der Waals surface area contributed by atoms with Crippen LogP contribution in [0.2, 0.25) is 0 Å². The highest BCUT2D eigenvalue weighted by molar-refractivity contribution is 5.90. The molecule has 27 heavy (non-hydrogen) atoms. The summed E-state index contributed by atoms with van der Waals surface area (Å²) in [6.07, 6.45) is 3.16. The molecule has 1 amide bonds. The predicted octanol–water partition coefficient (Wildman–Crippen LogP) is 3.95. The summed E-state index contributed by atoms with van der Waals surface area (Å²) in [6.45, 7) is 2.42. The van der Waals surface area contributed by atoms with E-state index in [9.17, 15) is 18.0 Å². The van der Waals surface area contributed by atoms with Crippen LogP contribution in [0.1, 0.15) is 18.9 Å². The fraction of sp³-hybridized carbons (Fsp3) is 0.211. The first-order valence-electron chi connectivity index (χ1n) is 8.39. The minimum absolute atomic E-state index is 0.0493. The number of nitrogens with one attached hydrogen (secondary N) is 1. The Morgan fingerprint density at radius 1 is 1.07 bits per heavy atom. The number of anilines is 1. The van der Waals surface area contributed by atoms with E-state index in [0.29, 0.717) is 24.1 Å². The molecule has 0 bridgehead atoms. The van der Waals surface area contributed by atoms with Gasteiger partial charge in [0.05, 0.1) is 5.69 Å². The van der Waals surface area contributed by atoms with Crippen LogP contribution < -0.4 is 5.32 Å². The van der Waals surface area contributed by atoms with E-state index in [1.165, 1.54) is 0 Å². The number of aryl methyl sites for hydroxylation is 2. The van der Waals surface area contributed by atoms with Gasteiger partial charge in [0, 0.05) is 43.1 Å². The quantitative estimate of drug-likeness (QED) is 0.665. The number of amides is 1. The van der Waals surface area contributed by atoms with Crippen molar-refractivity contribution in [3.63, 3.8) is 0 Å². The Morgan fingerprint density at radius 2 is 1.78 bits per heavy atom. The molecule has 0 saturated carbocycles. The zero-order valence-electron chi connectivity index (χ0n) is 14.5. The minimum atomic E-state index is -1.25. The molecule has 0 aliphatic rings. The number of carbonyl (C=O) groups excluding carboxylic acids is 1. The Labute approximate surface area is 153 Å². The molecule has 0 fully saturated rings. The van der Waals surface area contributed by atoms with Crippen molar-refractivity contribution in [3.05, 3.63) is 65.7 Å². The van der Waals surface area contributed by atoms with Gasteiger partial charge in [0.1, 0.15) is 11.6 Å². The number of aromatic nitrogens is 3. The second kappa shape index (κ2) is 8.03. The summed E-state index contributed by atoms with van der Waals surface area (Å²) in [6, 6.07) is 6.60. The summed E-state index contributed by atoms with van der Waals surface area (Å²) in [7, 11) is 0. The van der Waals surface area contributed by atoms with E-state index in [4.69, 9.17) is 0 Å². The summed E-state index contributed by atoms with van der Waals surface area (Å²) in [4.78, 5) is 16.2. The highest BCUT2D eigenvalue weighted by Gasteiger charge is 2.14. The van der Waals surface area contributed by atoms with Gasteiger partial charge in [-0.15, -0.1) is 0 Å². The highest BCUT2D eigenvalue weighted by atomic mass is 19.2. The Bertz CT molecular complexity index is 957. The first-order valence-corrected chi connectivity index (χ1v) is 8.39. The second-order valence-corrected chi connectivity index (χ2v) is 5.87. The van der Waals surface area contributed by atoms with Crippen LogP contribution in [-0.4, -0.2) is 20.7 Å². The van der Waals surface area contributed by atoms with Crippen LogP contribution >= 0.6 is 0 Å². The largest absolute Gasteiger partial charge is 0.311 e. The lowest BCUT2D eigenvalue weighted by Crippen LogP contribution is -2.16. The van der Waals surface area contributed by atoms with Crippen LogP contribution in [0.4, 0.5) is 19.0 Å². The first kappa shape index (κ1) is 18.6. The second-order valence-electron chi connectivity index (χ2n) is 5.87. The average molecular weight is 374 g/mol. The summed E-state index contributed by atoms with van der Waals surface area (Å²) in [5.41, 5.74) is 1.49. The van der Waals surface area contributed by atoms with Gasteiger partial charge in [-0.3, -0.25) is 9.78 Å². The average Bonchev–Trinajstić information content (AvgIpc) is 3.07. The van der Waals surface area contributed by atoms with Crippen LogP contribution in [0.5, 0.6) is 0 Å². The standard InChI is InChI=1S/C19H17F3N4O/c1-2-26-18(11-17(25-26)12-5-7-23-8-6-12)24-19(27)4-3-13-9-15(21)16(22)10-14(13)20/h5-11H,2-4H2,1H3,(H,24,27). The molecule has 0 spiro atoms. The topological polar surface area (TPSA) is 59.8 Å². The third-order valence-electron chi connectivity index (χ3n) is 4.03. The van der Waals surface area contributed by atoms with Gasteiger partial charge >= 0.3 is 0 Å². The Morgan fingerprint density at radius 3 is 2.48 bits per heavy atom. The number of carbonyl (C=O) groups is 1. The van der Waals surface area contributed by atoms with Crippen molar-refractivity contribution in [1.82, 2.24) is 14.8 Å². The molecule has 2 heterocycles. The molecular weight excluding hydrogens is 357 g/mol. The van der Waals surface area contributed by atoms with Crippen molar-refractivity contribution in [1.29, 1.82) is 0 Å². The van der Waals surface area contributed by atoms with Gasteiger partial charge in [-0.1, -0.05) is 0 Å². The van der Waals surface area contributed by atoms with E-state index in [0.717, 1.165) is 11.6 Å². The summed E-state index contributed by atoms with van der Waals surface area (Å²) in [5, 5.41) is 7.15. The number of hydrogen-bond donors (Lipinski definition) is 1. The van der Waals surface area contributed by atoms with E-state index in [1.54, 1.807) is 35.3 Å². The first-order chi connectivity index (χ1) is 13.0. The Kier molecular flexibility index (Phi) is 5.54. The molecule has 0 aliphatic heterocycles. The van der Waals surface area contributed by atoms with Crippen molar-refractivity contribution < 1.29 is 18.0 Å². The van der Waals surface area contributed by atoms with Crippen LogP contribution in [0.25, 0.3) is 11.3 Å². The number of hydrogen-bond acceptors (Lipinski definition) is 3. The molecule has 5 nitrogen and oxygen atoms in total. The number of halogens is 3. The molecule has 1 aromatic carbocycles. The predicted molar refractivity (Wildman–Crippen MR) is 94.4 cm³/mol. The Hall–Kier alpha value is -3.16. The number of benzene rings is 1. The van der Waals surface area contributed by atoms with E-state index >= 15 is 0 Å². The molecule has 1 N–H and O–H groups in total. The lowest BCUT2D eigenvalue weighted by molar-refractivity contribution is -0.116. The van der Waals surface area contributed by atoms with Crippen molar-refractivity contribution in [2.45, 2.75) is 26.3 Å². The maximum atomic E-state index is 13.7. The molecule has 0 atom stereocenters. The van der Waals surface area contributed by atoms with E-state index in [-0.39, 0.29) is 24.3 Å². The Balaban J connectivity index is 1.69. The molecule has 2 aromatic heterocycles. The van der Waals surface area contributed by atoms with E-state index in [2.05, 4.69) is 15.4 Å². The third-order valence-corrected chi connectivity index (χ3v) is 4.03. The third kappa shape index (κ3) is 4.33. The van der Waals surface area contributed by atoms with Gasteiger partial charge in [0.15, 0.2) is 11.6 Å². The summed E-state index contributed by atoms with van der Waals surface area (Å²) >= 11 is 0.